The lowest BCUT2D eigenvalue weighted by Gasteiger charge is -2.15. The van der Waals surface area contributed by atoms with Crippen LogP contribution in [0.15, 0.2) is 12.7 Å². The number of rotatable bonds is 3. The summed E-state index contributed by atoms with van der Waals surface area (Å²) in [6.45, 7) is 3.23. The standard InChI is InChI=1S/C6H10O4/c1-3-4-6(8,9)5(7)10-2/h3,8-9H,1,4H2,2H3. The van der Waals surface area contributed by atoms with Crippen molar-refractivity contribution >= 4 is 5.97 Å². The van der Waals surface area contributed by atoms with Gasteiger partial charge in [0.25, 0.3) is 5.79 Å². The Morgan fingerprint density at radius 2 is 2.30 bits per heavy atom. The number of carbonyl (C=O) groups excluding carboxylic acids is 1. The number of ether oxygens (including phenoxy) is 1. The fourth-order valence-corrected chi connectivity index (χ4v) is 0.448. The molecule has 10 heavy (non-hydrogen) atoms. The largest absolute Gasteiger partial charge is 0.465 e. The van der Waals surface area contributed by atoms with Gasteiger partial charge in [-0.25, -0.2) is 4.79 Å². The van der Waals surface area contributed by atoms with Gasteiger partial charge in [0.15, 0.2) is 0 Å². The first-order chi connectivity index (χ1) is 4.54. The third-order valence-electron chi connectivity index (χ3n) is 0.941. The van der Waals surface area contributed by atoms with E-state index in [4.69, 9.17) is 10.2 Å². The van der Waals surface area contributed by atoms with E-state index in [1.807, 2.05) is 0 Å². The Kier molecular flexibility index (Phi) is 3.05. The van der Waals surface area contributed by atoms with Gasteiger partial charge in [0.05, 0.1) is 7.11 Å². The summed E-state index contributed by atoms with van der Waals surface area (Å²) >= 11 is 0. The van der Waals surface area contributed by atoms with Crippen molar-refractivity contribution in [2.75, 3.05) is 7.11 Å². The van der Waals surface area contributed by atoms with E-state index in [9.17, 15) is 4.79 Å². The minimum absolute atomic E-state index is 0.236. The van der Waals surface area contributed by atoms with Crippen molar-refractivity contribution in [3.63, 3.8) is 0 Å². The van der Waals surface area contributed by atoms with Crippen LogP contribution in [-0.4, -0.2) is 29.1 Å². The van der Waals surface area contributed by atoms with Gasteiger partial charge in [0.2, 0.25) is 0 Å². The molecule has 2 N–H and O–H groups in total. The van der Waals surface area contributed by atoms with E-state index in [-0.39, 0.29) is 6.42 Å². The lowest BCUT2D eigenvalue weighted by Crippen LogP contribution is -2.38. The van der Waals surface area contributed by atoms with Crippen molar-refractivity contribution in [2.24, 2.45) is 0 Å². The van der Waals surface area contributed by atoms with Gasteiger partial charge < -0.3 is 14.9 Å². The number of carbonyl (C=O) groups is 1. The van der Waals surface area contributed by atoms with Gasteiger partial charge in [-0.2, -0.15) is 0 Å². The van der Waals surface area contributed by atoms with Crippen molar-refractivity contribution < 1.29 is 19.7 Å². The molecule has 4 heteroatoms. The van der Waals surface area contributed by atoms with Crippen LogP contribution in [0, 0.1) is 0 Å². The van der Waals surface area contributed by atoms with Crippen LogP contribution in [-0.2, 0) is 9.53 Å². The van der Waals surface area contributed by atoms with Crippen molar-refractivity contribution in [3.05, 3.63) is 12.7 Å². The minimum Gasteiger partial charge on any atom is -0.465 e. The van der Waals surface area contributed by atoms with Crippen molar-refractivity contribution in [1.82, 2.24) is 0 Å². The first-order valence-corrected chi connectivity index (χ1v) is 2.68. The zero-order valence-corrected chi connectivity index (χ0v) is 5.70. The molecule has 0 atom stereocenters. The molecule has 0 aliphatic heterocycles. The van der Waals surface area contributed by atoms with Crippen LogP contribution in [0.5, 0.6) is 0 Å². The van der Waals surface area contributed by atoms with Gasteiger partial charge in [-0.1, -0.05) is 6.08 Å². The lowest BCUT2D eigenvalue weighted by molar-refractivity contribution is -0.205. The molecule has 4 nitrogen and oxygen atoms in total. The second kappa shape index (κ2) is 3.34. The highest BCUT2D eigenvalue weighted by Gasteiger charge is 2.32. The van der Waals surface area contributed by atoms with E-state index in [2.05, 4.69) is 11.3 Å². The lowest BCUT2D eigenvalue weighted by atomic mass is 10.2. The molecule has 0 aromatic heterocycles. The van der Waals surface area contributed by atoms with Crippen LogP contribution in [0.1, 0.15) is 6.42 Å². The second-order valence-corrected chi connectivity index (χ2v) is 1.80. The summed E-state index contributed by atoms with van der Waals surface area (Å²) in [5.74, 6) is -3.50. The molecule has 0 aliphatic carbocycles. The fourth-order valence-electron chi connectivity index (χ4n) is 0.448. The van der Waals surface area contributed by atoms with E-state index in [0.29, 0.717) is 0 Å². The van der Waals surface area contributed by atoms with Crippen LogP contribution >= 0.6 is 0 Å². The molecule has 0 spiro atoms. The van der Waals surface area contributed by atoms with Crippen molar-refractivity contribution in [3.8, 4) is 0 Å². The van der Waals surface area contributed by atoms with Crippen LogP contribution < -0.4 is 0 Å². The highest BCUT2D eigenvalue weighted by atomic mass is 16.6. The molecule has 0 saturated heterocycles. The number of esters is 1. The number of hydrogen-bond donors (Lipinski definition) is 2. The SMILES string of the molecule is C=CCC(O)(O)C(=O)OC. The number of methoxy groups -OCH3 is 1. The van der Waals surface area contributed by atoms with Crippen LogP contribution in [0.3, 0.4) is 0 Å². The number of hydrogen-bond acceptors (Lipinski definition) is 4. The van der Waals surface area contributed by atoms with Gasteiger partial charge in [-0.15, -0.1) is 6.58 Å². The molecule has 58 valence electrons. The average molecular weight is 146 g/mol. The van der Waals surface area contributed by atoms with E-state index < -0.39 is 11.8 Å². The first-order valence-electron chi connectivity index (χ1n) is 2.68. The van der Waals surface area contributed by atoms with E-state index in [1.54, 1.807) is 0 Å². The summed E-state index contributed by atoms with van der Waals surface area (Å²) in [6, 6.07) is 0. The second-order valence-electron chi connectivity index (χ2n) is 1.80. The zero-order valence-electron chi connectivity index (χ0n) is 5.70. The average Bonchev–Trinajstić information content (AvgIpc) is 1.86. The fraction of sp³-hybridized carbons (Fsp3) is 0.500. The Hall–Kier alpha value is -0.870. The van der Waals surface area contributed by atoms with Gasteiger partial charge in [0.1, 0.15) is 0 Å². The Labute approximate surface area is 58.7 Å². The summed E-state index contributed by atoms with van der Waals surface area (Å²) in [5, 5.41) is 17.6. The van der Waals surface area contributed by atoms with E-state index >= 15 is 0 Å². The molecule has 0 rings (SSSR count). The monoisotopic (exact) mass is 146 g/mol. The smallest absolute Gasteiger partial charge is 0.366 e. The molecular weight excluding hydrogens is 136 g/mol. The van der Waals surface area contributed by atoms with Gasteiger partial charge in [-0.05, 0) is 0 Å². The summed E-state index contributed by atoms with van der Waals surface area (Å²) in [7, 11) is 1.08. The maximum absolute atomic E-state index is 10.5. The van der Waals surface area contributed by atoms with Gasteiger partial charge in [-0.3, -0.25) is 0 Å². The highest BCUT2D eigenvalue weighted by molar-refractivity contribution is 5.77. The highest BCUT2D eigenvalue weighted by Crippen LogP contribution is 2.07. The predicted octanol–water partition coefficient (Wildman–Crippen LogP) is -0.584. The predicted molar refractivity (Wildman–Crippen MR) is 34.0 cm³/mol. The molecule has 0 aromatic carbocycles. The molecule has 0 saturated carbocycles. The van der Waals surface area contributed by atoms with Crippen molar-refractivity contribution in [1.29, 1.82) is 0 Å². The Balaban J connectivity index is 4.08. The van der Waals surface area contributed by atoms with E-state index in [1.165, 1.54) is 6.08 Å². The number of aliphatic hydroxyl groups is 2. The molecule has 0 aromatic rings. The van der Waals surface area contributed by atoms with E-state index in [0.717, 1.165) is 7.11 Å². The molecule has 0 amide bonds. The third kappa shape index (κ3) is 2.16. The summed E-state index contributed by atoms with van der Waals surface area (Å²) in [6.07, 6.45) is 0.983. The quantitative estimate of drug-likeness (QED) is 0.317. The van der Waals surface area contributed by atoms with Gasteiger partial charge >= 0.3 is 5.97 Å². The Bertz CT molecular complexity index is 139. The Morgan fingerprint density at radius 1 is 1.80 bits per heavy atom. The molecule has 0 heterocycles. The summed E-state index contributed by atoms with van der Waals surface area (Å²) in [4.78, 5) is 10.5. The van der Waals surface area contributed by atoms with Crippen molar-refractivity contribution in [2.45, 2.75) is 12.2 Å². The zero-order chi connectivity index (χ0) is 8.20. The maximum atomic E-state index is 10.5. The molecule has 0 radical (unpaired) electrons. The Morgan fingerprint density at radius 3 is 2.60 bits per heavy atom. The minimum atomic E-state index is -2.42. The molecule has 0 fully saturated rings. The normalized spacial score (nSPS) is 10.7. The molecule has 0 bridgehead atoms. The first kappa shape index (κ1) is 9.13. The molecule has 0 aliphatic rings. The molecule has 0 unspecified atom stereocenters. The van der Waals surface area contributed by atoms with Crippen LogP contribution in [0.4, 0.5) is 0 Å². The third-order valence-corrected chi connectivity index (χ3v) is 0.941. The molecular formula is C6H10O4. The van der Waals surface area contributed by atoms with Crippen LogP contribution in [0.2, 0.25) is 0 Å². The topological polar surface area (TPSA) is 66.8 Å². The summed E-state index contributed by atoms with van der Waals surface area (Å²) in [5.41, 5.74) is 0. The van der Waals surface area contributed by atoms with Gasteiger partial charge in [0, 0.05) is 6.42 Å². The summed E-state index contributed by atoms with van der Waals surface area (Å²) < 4.78 is 4.08. The maximum Gasteiger partial charge on any atom is 0.366 e. The van der Waals surface area contributed by atoms with Crippen LogP contribution in [0.25, 0.3) is 0 Å².